The number of carbonyl (C=O) groups excluding carboxylic acids is 2. The first-order valence-electron chi connectivity index (χ1n) is 4.91. The number of para-hydroxylation sites is 1. The van der Waals surface area contributed by atoms with Crippen LogP contribution in [0.4, 0.5) is 0 Å². The van der Waals surface area contributed by atoms with Crippen molar-refractivity contribution < 1.29 is 14.3 Å². The van der Waals surface area contributed by atoms with Gasteiger partial charge in [0.05, 0.1) is 12.7 Å². The van der Waals surface area contributed by atoms with Gasteiger partial charge in [-0.05, 0) is 12.1 Å². The van der Waals surface area contributed by atoms with Crippen molar-refractivity contribution in [3.63, 3.8) is 0 Å². The summed E-state index contributed by atoms with van der Waals surface area (Å²) in [4.78, 5) is 22.6. The minimum absolute atomic E-state index is 0.247. The molecule has 2 N–H and O–H groups in total. The maximum Gasteiger partial charge on any atom is 0.273 e. The van der Waals surface area contributed by atoms with Crippen LogP contribution >= 0.6 is 0 Å². The van der Waals surface area contributed by atoms with Crippen LogP contribution in [-0.4, -0.2) is 18.9 Å². The summed E-state index contributed by atoms with van der Waals surface area (Å²) in [5, 5.41) is 0. The van der Waals surface area contributed by atoms with Gasteiger partial charge in [-0.2, -0.15) is 0 Å². The zero-order valence-corrected chi connectivity index (χ0v) is 9.24. The van der Waals surface area contributed by atoms with Crippen molar-refractivity contribution in [3.8, 4) is 5.75 Å². The highest BCUT2D eigenvalue weighted by Crippen LogP contribution is 2.16. The third-order valence-electron chi connectivity index (χ3n) is 1.99. The maximum atomic E-state index is 11.6. The van der Waals surface area contributed by atoms with Crippen molar-refractivity contribution >= 4 is 11.8 Å². The molecule has 0 aliphatic heterocycles. The van der Waals surface area contributed by atoms with Crippen molar-refractivity contribution in [1.82, 2.24) is 10.9 Å². The molecule has 0 spiro atoms. The van der Waals surface area contributed by atoms with E-state index in [-0.39, 0.29) is 5.91 Å². The molecule has 16 heavy (non-hydrogen) atoms. The molecule has 0 heterocycles. The molecule has 2 amide bonds. The largest absolute Gasteiger partial charge is 0.496 e. The molecule has 0 aliphatic rings. The third kappa shape index (κ3) is 2.98. The Bertz CT molecular complexity index is 391. The van der Waals surface area contributed by atoms with Crippen LogP contribution in [0.15, 0.2) is 24.3 Å². The Hall–Kier alpha value is -2.04. The summed E-state index contributed by atoms with van der Waals surface area (Å²) in [5.41, 5.74) is 4.97. The number of ether oxygens (including phenoxy) is 1. The zero-order chi connectivity index (χ0) is 12.0. The van der Waals surface area contributed by atoms with Crippen LogP contribution in [0.2, 0.25) is 0 Å². The molecular weight excluding hydrogens is 208 g/mol. The van der Waals surface area contributed by atoms with E-state index >= 15 is 0 Å². The van der Waals surface area contributed by atoms with Crippen LogP contribution in [-0.2, 0) is 4.79 Å². The van der Waals surface area contributed by atoms with Gasteiger partial charge in [-0.25, -0.2) is 0 Å². The van der Waals surface area contributed by atoms with Gasteiger partial charge in [-0.3, -0.25) is 20.4 Å². The topological polar surface area (TPSA) is 67.4 Å². The minimum atomic E-state index is -0.403. The molecule has 0 saturated carbocycles. The molecule has 0 bridgehead atoms. The number of benzene rings is 1. The molecule has 1 rings (SSSR count). The van der Waals surface area contributed by atoms with E-state index in [0.29, 0.717) is 17.7 Å². The summed E-state index contributed by atoms with van der Waals surface area (Å²) in [6, 6.07) is 6.78. The summed E-state index contributed by atoms with van der Waals surface area (Å²) in [6.07, 6.45) is 0.312. The first kappa shape index (κ1) is 12.0. The maximum absolute atomic E-state index is 11.6. The van der Waals surface area contributed by atoms with Gasteiger partial charge in [0, 0.05) is 6.42 Å². The van der Waals surface area contributed by atoms with Gasteiger partial charge >= 0.3 is 0 Å². The monoisotopic (exact) mass is 222 g/mol. The first-order valence-corrected chi connectivity index (χ1v) is 4.91. The van der Waals surface area contributed by atoms with Crippen LogP contribution in [0.5, 0.6) is 5.75 Å². The Morgan fingerprint density at radius 1 is 1.25 bits per heavy atom. The van der Waals surface area contributed by atoms with Gasteiger partial charge in [0.1, 0.15) is 5.75 Å². The SMILES string of the molecule is CCC(=O)NNC(=O)c1ccccc1OC. The molecule has 1 aromatic rings. The number of carbonyl (C=O) groups is 2. The molecule has 0 atom stereocenters. The second kappa shape index (κ2) is 5.75. The highest BCUT2D eigenvalue weighted by molar-refractivity contribution is 5.97. The number of amides is 2. The van der Waals surface area contributed by atoms with Gasteiger partial charge in [0.2, 0.25) is 5.91 Å². The highest BCUT2D eigenvalue weighted by Gasteiger charge is 2.11. The predicted octanol–water partition coefficient (Wildman–Crippen LogP) is 0.866. The molecular formula is C11H14N2O3. The van der Waals surface area contributed by atoms with Gasteiger partial charge < -0.3 is 4.74 Å². The molecule has 1 aromatic carbocycles. The Labute approximate surface area is 93.8 Å². The van der Waals surface area contributed by atoms with Gasteiger partial charge in [-0.15, -0.1) is 0 Å². The lowest BCUT2D eigenvalue weighted by Gasteiger charge is -2.09. The molecule has 5 heteroatoms. The Balaban J connectivity index is 2.69. The van der Waals surface area contributed by atoms with E-state index in [0.717, 1.165) is 0 Å². The standard InChI is InChI=1S/C11H14N2O3/c1-3-10(14)12-13-11(15)8-6-4-5-7-9(8)16-2/h4-7H,3H2,1-2H3,(H,12,14)(H,13,15). The molecule has 86 valence electrons. The summed E-state index contributed by atoms with van der Waals surface area (Å²) in [7, 11) is 1.48. The molecule has 5 nitrogen and oxygen atoms in total. The second-order valence-electron chi connectivity index (χ2n) is 3.06. The number of methoxy groups -OCH3 is 1. The number of hydrogen-bond donors (Lipinski definition) is 2. The third-order valence-corrected chi connectivity index (χ3v) is 1.99. The van der Waals surface area contributed by atoms with Crippen molar-refractivity contribution in [1.29, 1.82) is 0 Å². The fourth-order valence-corrected chi connectivity index (χ4v) is 1.11. The number of rotatable bonds is 3. The average Bonchev–Trinajstić information content (AvgIpc) is 2.35. The average molecular weight is 222 g/mol. The number of hydrogen-bond acceptors (Lipinski definition) is 3. The molecule has 0 unspecified atom stereocenters. The first-order chi connectivity index (χ1) is 7.69. The van der Waals surface area contributed by atoms with Crippen molar-refractivity contribution in [2.45, 2.75) is 13.3 Å². The highest BCUT2D eigenvalue weighted by atomic mass is 16.5. The van der Waals surface area contributed by atoms with E-state index in [1.165, 1.54) is 7.11 Å². The number of nitrogens with one attached hydrogen (secondary N) is 2. The van der Waals surface area contributed by atoms with Crippen molar-refractivity contribution in [2.75, 3.05) is 7.11 Å². The molecule has 0 fully saturated rings. The zero-order valence-electron chi connectivity index (χ0n) is 9.24. The van der Waals surface area contributed by atoms with E-state index in [1.807, 2.05) is 0 Å². The van der Waals surface area contributed by atoms with Gasteiger partial charge in [0.15, 0.2) is 0 Å². The fourth-order valence-electron chi connectivity index (χ4n) is 1.11. The van der Waals surface area contributed by atoms with Crippen LogP contribution in [0, 0.1) is 0 Å². The number of hydrazine groups is 1. The smallest absolute Gasteiger partial charge is 0.273 e. The van der Waals surface area contributed by atoms with E-state index < -0.39 is 5.91 Å². The quantitative estimate of drug-likeness (QED) is 0.745. The van der Waals surface area contributed by atoms with Crippen LogP contribution < -0.4 is 15.6 Å². The van der Waals surface area contributed by atoms with Crippen molar-refractivity contribution in [3.05, 3.63) is 29.8 Å². The Morgan fingerprint density at radius 2 is 1.94 bits per heavy atom. The van der Waals surface area contributed by atoms with E-state index in [2.05, 4.69) is 10.9 Å². The lowest BCUT2D eigenvalue weighted by molar-refractivity contribution is -0.121. The fraction of sp³-hybridized carbons (Fsp3) is 0.273. The van der Waals surface area contributed by atoms with Crippen molar-refractivity contribution in [2.24, 2.45) is 0 Å². The van der Waals surface area contributed by atoms with E-state index in [1.54, 1.807) is 31.2 Å². The molecule has 0 saturated heterocycles. The minimum Gasteiger partial charge on any atom is -0.496 e. The van der Waals surface area contributed by atoms with Crippen LogP contribution in [0.3, 0.4) is 0 Å². The van der Waals surface area contributed by atoms with E-state index in [9.17, 15) is 9.59 Å². The predicted molar refractivity (Wildman–Crippen MR) is 58.9 cm³/mol. The van der Waals surface area contributed by atoms with Gasteiger partial charge in [-0.1, -0.05) is 19.1 Å². The van der Waals surface area contributed by atoms with Crippen LogP contribution in [0.25, 0.3) is 0 Å². The van der Waals surface area contributed by atoms with Gasteiger partial charge in [0.25, 0.3) is 5.91 Å². The molecule has 0 radical (unpaired) electrons. The molecule has 0 aliphatic carbocycles. The summed E-state index contributed by atoms with van der Waals surface area (Å²) in [5.74, 6) is -0.187. The Kier molecular flexibility index (Phi) is 4.32. The summed E-state index contributed by atoms with van der Waals surface area (Å²) >= 11 is 0. The lowest BCUT2D eigenvalue weighted by Crippen LogP contribution is -2.41. The van der Waals surface area contributed by atoms with E-state index in [4.69, 9.17) is 4.74 Å². The molecule has 0 aromatic heterocycles. The van der Waals surface area contributed by atoms with Crippen LogP contribution in [0.1, 0.15) is 23.7 Å². The lowest BCUT2D eigenvalue weighted by atomic mass is 10.2. The summed E-state index contributed by atoms with van der Waals surface area (Å²) in [6.45, 7) is 1.70. The summed E-state index contributed by atoms with van der Waals surface area (Å²) < 4.78 is 5.03. The normalized spacial score (nSPS) is 9.38. The Morgan fingerprint density at radius 3 is 2.56 bits per heavy atom. The second-order valence-corrected chi connectivity index (χ2v) is 3.06.